The van der Waals surface area contributed by atoms with Gasteiger partial charge in [-0.25, -0.2) is 13.2 Å². The van der Waals surface area contributed by atoms with Crippen LogP contribution in [0.25, 0.3) is 16.2 Å². The van der Waals surface area contributed by atoms with Crippen molar-refractivity contribution in [3.8, 4) is 10.7 Å². The molecular weight excluding hydrogens is 445 g/mol. The van der Waals surface area contributed by atoms with Crippen molar-refractivity contribution in [2.24, 2.45) is 0 Å². The van der Waals surface area contributed by atoms with Crippen LogP contribution in [0.1, 0.15) is 31.2 Å². The van der Waals surface area contributed by atoms with Crippen molar-refractivity contribution in [1.82, 2.24) is 24.6 Å². The Bertz CT molecular complexity index is 1080. The molecule has 0 radical (unpaired) electrons. The van der Waals surface area contributed by atoms with Gasteiger partial charge in [-0.3, -0.25) is 4.72 Å². The van der Waals surface area contributed by atoms with E-state index in [4.69, 9.17) is 0 Å². The van der Waals surface area contributed by atoms with Crippen LogP contribution in [-0.4, -0.2) is 52.5 Å². The fourth-order valence-corrected chi connectivity index (χ4v) is 5.32. The molecule has 1 saturated heterocycles. The summed E-state index contributed by atoms with van der Waals surface area (Å²) in [4.78, 5) is 3.19. The number of hydrogen-bond donors (Lipinski definition) is 2. The zero-order valence-corrected chi connectivity index (χ0v) is 18.6. The lowest BCUT2D eigenvalue weighted by Gasteiger charge is -2.34. The zero-order valence-electron chi connectivity index (χ0n) is 16.9. The van der Waals surface area contributed by atoms with E-state index in [-0.39, 0.29) is 16.6 Å². The molecule has 31 heavy (non-hydrogen) atoms. The molecule has 3 aromatic rings. The minimum Gasteiger partial charge on any atom is -0.367 e. The van der Waals surface area contributed by atoms with Crippen LogP contribution < -0.4 is 14.9 Å². The van der Waals surface area contributed by atoms with Gasteiger partial charge in [0.2, 0.25) is 0 Å². The molecule has 2 aliphatic rings. The average molecular weight is 469 g/mol. The summed E-state index contributed by atoms with van der Waals surface area (Å²) in [5.41, 5.74) is 2.81. The number of alkyl halides is 3. The van der Waals surface area contributed by atoms with Gasteiger partial charge in [0, 0.05) is 36.3 Å². The van der Waals surface area contributed by atoms with E-state index in [1.54, 1.807) is 11.9 Å². The smallest absolute Gasteiger partial charge is 0.291 e. The summed E-state index contributed by atoms with van der Waals surface area (Å²) in [5, 5.41) is 11.0. The fraction of sp³-hybridized carbons (Fsp3) is 0.500. The van der Waals surface area contributed by atoms with Crippen LogP contribution >= 0.6 is 23.3 Å². The van der Waals surface area contributed by atoms with Crippen LogP contribution in [0.2, 0.25) is 0 Å². The lowest BCUT2D eigenvalue weighted by Crippen LogP contribution is -2.51. The molecule has 0 spiro atoms. The highest BCUT2D eigenvalue weighted by molar-refractivity contribution is 7.97. The fourth-order valence-electron chi connectivity index (χ4n) is 3.70. The molecule has 2 N–H and O–H groups in total. The third-order valence-electron chi connectivity index (χ3n) is 5.76. The van der Waals surface area contributed by atoms with Crippen LogP contribution in [0.3, 0.4) is 0 Å². The first-order valence-electron chi connectivity index (χ1n) is 10.2. The number of fused-ring (bicyclic) bond motifs is 1. The van der Waals surface area contributed by atoms with Crippen molar-refractivity contribution >= 4 is 34.5 Å². The van der Waals surface area contributed by atoms with Gasteiger partial charge in [0.15, 0.2) is 10.0 Å². The molecule has 5 rings (SSSR count). The van der Waals surface area contributed by atoms with Gasteiger partial charge in [0.05, 0.1) is 22.9 Å². The van der Waals surface area contributed by atoms with E-state index in [2.05, 4.69) is 38.1 Å². The van der Waals surface area contributed by atoms with Crippen molar-refractivity contribution in [2.75, 3.05) is 31.2 Å². The molecule has 166 valence electrons. The number of anilines is 1. The first kappa shape index (κ1) is 21.0. The Hall–Kier alpha value is -1.82. The number of hydrogen-bond acceptors (Lipinski definition) is 7. The second-order valence-corrected chi connectivity index (χ2v) is 10.2. The average Bonchev–Trinajstić information content (AvgIpc) is 3.17. The maximum absolute atomic E-state index is 13.3. The SMILES string of the molecule is CC1(NSc2cc(N3CCNC(CF)C3)c3ccc(-c4nnc(C(F)F)s4)n3c2)CC1. The molecule has 3 aromatic heterocycles. The molecule has 1 saturated carbocycles. The molecule has 1 unspecified atom stereocenters. The molecule has 0 amide bonds. The molecule has 0 bridgehead atoms. The first-order chi connectivity index (χ1) is 15.0. The molecular formula is C20H23F3N6S2. The van der Waals surface area contributed by atoms with Crippen LogP contribution in [0.4, 0.5) is 18.9 Å². The summed E-state index contributed by atoms with van der Waals surface area (Å²) in [6, 6.07) is 5.76. The Kier molecular flexibility index (Phi) is 5.61. The maximum atomic E-state index is 13.3. The van der Waals surface area contributed by atoms with Gasteiger partial charge in [-0.05, 0) is 49.9 Å². The van der Waals surface area contributed by atoms with Crippen molar-refractivity contribution in [3.05, 3.63) is 29.4 Å². The minimum absolute atomic E-state index is 0.152. The van der Waals surface area contributed by atoms with Crippen molar-refractivity contribution in [1.29, 1.82) is 0 Å². The van der Waals surface area contributed by atoms with Gasteiger partial charge in [0.1, 0.15) is 6.67 Å². The third kappa shape index (κ3) is 4.28. The standard InChI is InChI=1S/C20H23F3N6S2/c1-20(4-5-20)27-31-13-8-16(28-7-6-24-12(9-21)10-28)14-2-3-15(29(14)11-13)18-25-26-19(30-18)17(22)23/h2-3,8,11-12,17,24,27H,4-7,9-10H2,1H3. The molecule has 1 aliphatic carbocycles. The van der Waals surface area contributed by atoms with Crippen LogP contribution in [-0.2, 0) is 0 Å². The number of nitrogens with one attached hydrogen (secondary N) is 2. The first-order valence-corrected chi connectivity index (χ1v) is 11.8. The van der Waals surface area contributed by atoms with E-state index in [0.717, 1.165) is 52.5 Å². The number of nitrogens with zero attached hydrogens (tertiary/aromatic N) is 4. The van der Waals surface area contributed by atoms with E-state index in [1.165, 1.54) is 0 Å². The molecule has 11 heteroatoms. The van der Waals surface area contributed by atoms with E-state index in [1.807, 2.05) is 22.7 Å². The summed E-state index contributed by atoms with van der Waals surface area (Å²) in [6.07, 6.45) is 1.64. The molecule has 2 fully saturated rings. The molecule has 0 aromatic carbocycles. The Morgan fingerprint density at radius 3 is 2.90 bits per heavy atom. The highest BCUT2D eigenvalue weighted by Crippen LogP contribution is 2.39. The van der Waals surface area contributed by atoms with E-state index in [9.17, 15) is 13.2 Å². The Morgan fingerprint density at radius 2 is 2.19 bits per heavy atom. The van der Waals surface area contributed by atoms with Crippen LogP contribution in [0.5, 0.6) is 0 Å². The largest absolute Gasteiger partial charge is 0.367 e. The predicted molar refractivity (Wildman–Crippen MR) is 118 cm³/mol. The molecule has 6 nitrogen and oxygen atoms in total. The number of aromatic nitrogens is 3. The van der Waals surface area contributed by atoms with Gasteiger partial charge in [-0.15, -0.1) is 10.2 Å². The van der Waals surface area contributed by atoms with Crippen LogP contribution in [0, 0.1) is 0 Å². The molecule has 1 aliphatic heterocycles. The Balaban J connectivity index is 1.56. The second-order valence-electron chi connectivity index (χ2n) is 8.30. The van der Waals surface area contributed by atoms with Crippen molar-refractivity contribution in [3.63, 3.8) is 0 Å². The maximum Gasteiger partial charge on any atom is 0.291 e. The predicted octanol–water partition coefficient (Wildman–Crippen LogP) is 4.29. The highest BCUT2D eigenvalue weighted by atomic mass is 32.2. The van der Waals surface area contributed by atoms with E-state index in [0.29, 0.717) is 18.1 Å². The van der Waals surface area contributed by atoms with Gasteiger partial charge in [-0.2, -0.15) is 0 Å². The second kappa shape index (κ2) is 8.27. The zero-order chi connectivity index (χ0) is 21.6. The summed E-state index contributed by atoms with van der Waals surface area (Å²) in [5.74, 6) is 0. The van der Waals surface area contributed by atoms with Gasteiger partial charge in [0.25, 0.3) is 6.43 Å². The van der Waals surface area contributed by atoms with Crippen molar-refractivity contribution < 1.29 is 13.2 Å². The van der Waals surface area contributed by atoms with Crippen LogP contribution in [0.15, 0.2) is 29.3 Å². The number of halogens is 3. The number of piperazine rings is 1. The lowest BCUT2D eigenvalue weighted by molar-refractivity contribution is 0.150. The third-order valence-corrected chi connectivity index (χ3v) is 7.77. The molecule has 1 atom stereocenters. The quantitative estimate of drug-likeness (QED) is 0.505. The summed E-state index contributed by atoms with van der Waals surface area (Å²) < 4.78 is 44.9. The Morgan fingerprint density at radius 1 is 1.35 bits per heavy atom. The normalized spacial score (nSPS) is 20.7. The summed E-state index contributed by atoms with van der Waals surface area (Å²) >= 11 is 2.47. The number of rotatable bonds is 7. The highest BCUT2D eigenvalue weighted by Gasteiger charge is 2.37. The summed E-state index contributed by atoms with van der Waals surface area (Å²) in [6.45, 7) is 3.81. The topological polar surface area (TPSA) is 57.5 Å². The van der Waals surface area contributed by atoms with Gasteiger partial charge < -0.3 is 14.6 Å². The van der Waals surface area contributed by atoms with Gasteiger partial charge >= 0.3 is 0 Å². The van der Waals surface area contributed by atoms with E-state index < -0.39 is 13.1 Å². The van der Waals surface area contributed by atoms with Crippen molar-refractivity contribution in [2.45, 2.75) is 42.7 Å². The lowest BCUT2D eigenvalue weighted by atomic mass is 10.2. The molecule has 4 heterocycles. The monoisotopic (exact) mass is 468 g/mol. The van der Waals surface area contributed by atoms with E-state index >= 15 is 0 Å². The Labute approximate surface area is 186 Å². The van der Waals surface area contributed by atoms with Gasteiger partial charge in [-0.1, -0.05) is 11.3 Å². The summed E-state index contributed by atoms with van der Waals surface area (Å²) in [7, 11) is 0. The number of pyridine rings is 1. The minimum atomic E-state index is -2.64.